The normalized spacial score (nSPS) is 18.7. The molecule has 1 aliphatic heterocycles. The lowest BCUT2D eigenvalue weighted by Gasteiger charge is -2.48. The van der Waals surface area contributed by atoms with Crippen LogP contribution in [0.4, 0.5) is 0 Å². The van der Waals surface area contributed by atoms with Crippen molar-refractivity contribution in [3.05, 3.63) is 23.8 Å². The van der Waals surface area contributed by atoms with Gasteiger partial charge in [0, 0.05) is 23.3 Å². The third-order valence-corrected chi connectivity index (χ3v) is 6.55. The van der Waals surface area contributed by atoms with Gasteiger partial charge in [-0.25, -0.2) is 9.97 Å². The summed E-state index contributed by atoms with van der Waals surface area (Å²) in [5.74, 6) is 1.77. The third kappa shape index (κ3) is 5.53. The summed E-state index contributed by atoms with van der Waals surface area (Å²) >= 11 is 0. The van der Waals surface area contributed by atoms with Crippen LogP contribution in [0.25, 0.3) is 0 Å². The van der Waals surface area contributed by atoms with Crippen molar-refractivity contribution in [3.63, 3.8) is 0 Å². The lowest BCUT2D eigenvalue weighted by atomic mass is 9.72. The molecule has 1 fully saturated rings. The van der Waals surface area contributed by atoms with Gasteiger partial charge in [-0.15, -0.1) is 0 Å². The summed E-state index contributed by atoms with van der Waals surface area (Å²) in [6, 6.07) is 0. The van der Waals surface area contributed by atoms with E-state index in [2.05, 4.69) is 96.5 Å². The van der Waals surface area contributed by atoms with Crippen molar-refractivity contribution in [2.45, 2.75) is 105 Å². The Hall–Kier alpha value is -0.960. The van der Waals surface area contributed by atoms with Crippen LogP contribution in [-0.4, -0.2) is 33.5 Å². The average molecular weight is 374 g/mol. The zero-order valence-corrected chi connectivity index (χ0v) is 19.6. The van der Waals surface area contributed by atoms with Gasteiger partial charge >= 0.3 is 0 Å². The fourth-order valence-electron chi connectivity index (χ4n) is 4.71. The van der Waals surface area contributed by atoms with Crippen molar-refractivity contribution in [2.24, 2.45) is 11.3 Å². The van der Waals surface area contributed by atoms with Crippen LogP contribution in [0.3, 0.4) is 0 Å². The van der Waals surface area contributed by atoms with Crippen LogP contribution >= 0.6 is 0 Å². The van der Waals surface area contributed by atoms with E-state index in [1.807, 2.05) is 0 Å². The summed E-state index contributed by atoms with van der Waals surface area (Å²) in [5.41, 5.74) is 1.91. The highest BCUT2D eigenvalue weighted by atomic mass is 15.2. The van der Waals surface area contributed by atoms with Crippen molar-refractivity contribution >= 4 is 0 Å². The molecule has 0 unspecified atom stereocenters. The molecule has 2 heterocycles. The summed E-state index contributed by atoms with van der Waals surface area (Å²) < 4.78 is 0. The van der Waals surface area contributed by atoms with Crippen LogP contribution in [0.2, 0.25) is 0 Å². The molecule has 0 saturated carbocycles. The Morgan fingerprint density at radius 1 is 0.852 bits per heavy atom. The largest absolute Gasteiger partial charge is 0.298 e. The maximum atomic E-state index is 4.67. The Kier molecular flexibility index (Phi) is 6.17. The number of likely N-dealkylation sites (tertiary alicyclic amines) is 1. The van der Waals surface area contributed by atoms with E-state index in [0.717, 1.165) is 18.2 Å². The molecule has 1 aromatic rings. The number of aromatic nitrogens is 2. The number of rotatable bonds is 4. The highest BCUT2D eigenvalue weighted by Crippen LogP contribution is 2.39. The molecule has 0 spiro atoms. The Morgan fingerprint density at radius 2 is 1.33 bits per heavy atom. The van der Waals surface area contributed by atoms with E-state index in [9.17, 15) is 0 Å². The van der Waals surface area contributed by atoms with Crippen molar-refractivity contribution in [2.75, 3.05) is 13.1 Å². The second-order valence-electron chi connectivity index (χ2n) is 12.0. The van der Waals surface area contributed by atoms with E-state index in [1.165, 1.54) is 31.5 Å². The van der Waals surface area contributed by atoms with Gasteiger partial charge in [-0.3, -0.25) is 4.90 Å². The van der Waals surface area contributed by atoms with Crippen LogP contribution in [0.15, 0.2) is 12.4 Å². The molecule has 154 valence electrons. The van der Waals surface area contributed by atoms with Crippen LogP contribution in [-0.2, 0) is 10.8 Å². The zero-order valence-electron chi connectivity index (χ0n) is 19.6. The molecular formula is C24H43N3. The van der Waals surface area contributed by atoms with Gasteiger partial charge in [0.15, 0.2) is 0 Å². The van der Waals surface area contributed by atoms with Gasteiger partial charge < -0.3 is 0 Å². The summed E-state index contributed by atoms with van der Waals surface area (Å²) in [4.78, 5) is 12.1. The summed E-state index contributed by atoms with van der Waals surface area (Å²) in [7, 11) is 0. The minimum absolute atomic E-state index is 0.000655. The summed E-state index contributed by atoms with van der Waals surface area (Å²) in [5, 5.41) is 0. The first-order valence-corrected chi connectivity index (χ1v) is 10.7. The Balaban J connectivity index is 2.07. The van der Waals surface area contributed by atoms with Gasteiger partial charge in [0.05, 0.1) is 0 Å². The fraction of sp³-hybridized carbons (Fsp3) is 0.833. The molecule has 2 rings (SSSR count). The van der Waals surface area contributed by atoms with Gasteiger partial charge in [0.25, 0.3) is 0 Å². The molecule has 0 radical (unpaired) electrons. The van der Waals surface area contributed by atoms with Crippen LogP contribution < -0.4 is 0 Å². The topological polar surface area (TPSA) is 29.0 Å². The van der Waals surface area contributed by atoms with E-state index >= 15 is 0 Å². The van der Waals surface area contributed by atoms with Gasteiger partial charge in [-0.05, 0) is 68.5 Å². The molecule has 27 heavy (non-hydrogen) atoms. The molecule has 3 heteroatoms. The molecule has 0 atom stereocenters. The van der Waals surface area contributed by atoms with Crippen LogP contribution in [0.5, 0.6) is 0 Å². The molecule has 1 saturated heterocycles. The molecule has 3 nitrogen and oxygen atoms in total. The Labute approximate surface area is 168 Å². The Morgan fingerprint density at radius 3 is 1.74 bits per heavy atom. The number of nitrogens with zero attached hydrogens (tertiary/aromatic N) is 3. The van der Waals surface area contributed by atoms with Crippen molar-refractivity contribution in [3.8, 4) is 0 Å². The van der Waals surface area contributed by atoms with E-state index < -0.39 is 0 Å². The highest BCUT2D eigenvalue weighted by Gasteiger charge is 2.38. The Bertz CT molecular complexity index is 607. The number of piperidine rings is 1. The minimum atomic E-state index is -0.000655. The van der Waals surface area contributed by atoms with Crippen LogP contribution in [0, 0.1) is 11.3 Å². The SMILES string of the molecule is CC(C)(C)c1ncc(C(C)(C)CC(C)(C)N2CCC(C(C)(C)C)CC2)cn1. The predicted octanol–water partition coefficient (Wildman–Crippen LogP) is 5.98. The molecule has 0 aliphatic carbocycles. The number of hydrogen-bond acceptors (Lipinski definition) is 3. The first-order chi connectivity index (χ1) is 12.1. The molecule has 0 bridgehead atoms. The molecule has 1 aromatic heterocycles. The van der Waals surface area contributed by atoms with E-state index in [-0.39, 0.29) is 16.4 Å². The minimum Gasteiger partial charge on any atom is -0.298 e. The first kappa shape index (κ1) is 22.3. The smallest absolute Gasteiger partial charge is 0.133 e. The molecule has 0 aromatic carbocycles. The monoisotopic (exact) mass is 373 g/mol. The van der Waals surface area contributed by atoms with Crippen LogP contribution in [0.1, 0.15) is 99.9 Å². The molecule has 1 aliphatic rings. The van der Waals surface area contributed by atoms with E-state index in [1.54, 1.807) is 0 Å². The number of hydrogen-bond donors (Lipinski definition) is 0. The van der Waals surface area contributed by atoms with Gasteiger partial charge in [0.1, 0.15) is 5.82 Å². The second-order valence-corrected chi connectivity index (χ2v) is 12.0. The molecule has 0 N–H and O–H groups in total. The summed E-state index contributed by atoms with van der Waals surface area (Å²) in [6.07, 6.45) is 7.84. The quantitative estimate of drug-likeness (QED) is 0.650. The first-order valence-electron chi connectivity index (χ1n) is 10.7. The predicted molar refractivity (Wildman–Crippen MR) is 116 cm³/mol. The van der Waals surface area contributed by atoms with Gasteiger partial charge in [0.2, 0.25) is 0 Å². The van der Waals surface area contributed by atoms with Crippen molar-refractivity contribution < 1.29 is 0 Å². The van der Waals surface area contributed by atoms with E-state index in [4.69, 9.17) is 0 Å². The molecular weight excluding hydrogens is 330 g/mol. The standard InChI is InChI=1S/C24H43N3/c1-21(2,3)18-11-13-27(14-12-18)24(9,10)17-23(7,8)19-15-25-20(26-16-19)22(4,5)6/h15-16,18H,11-14,17H2,1-10H3. The zero-order chi connectivity index (χ0) is 20.7. The highest BCUT2D eigenvalue weighted by molar-refractivity contribution is 5.20. The summed E-state index contributed by atoms with van der Waals surface area (Å²) in [6.45, 7) is 25.6. The van der Waals surface area contributed by atoms with Gasteiger partial charge in [-0.1, -0.05) is 55.4 Å². The second kappa shape index (κ2) is 7.46. The van der Waals surface area contributed by atoms with E-state index in [0.29, 0.717) is 5.41 Å². The van der Waals surface area contributed by atoms with Gasteiger partial charge in [-0.2, -0.15) is 0 Å². The molecule has 0 amide bonds. The maximum Gasteiger partial charge on any atom is 0.133 e. The third-order valence-electron chi connectivity index (χ3n) is 6.55. The van der Waals surface area contributed by atoms with Crippen molar-refractivity contribution in [1.82, 2.24) is 14.9 Å². The lowest BCUT2D eigenvalue weighted by Crippen LogP contribution is -2.51. The fourth-order valence-corrected chi connectivity index (χ4v) is 4.71. The maximum absolute atomic E-state index is 4.67. The lowest BCUT2D eigenvalue weighted by molar-refractivity contribution is 0.0295. The van der Waals surface area contributed by atoms with Crippen molar-refractivity contribution in [1.29, 1.82) is 0 Å². The average Bonchev–Trinajstić information content (AvgIpc) is 2.52.